The van der Waals surface area contributed by atoms with E-state index in [1.54, 1.807) is 0 Å². The van der Waals surface area contributed by atoms with Crippen LogP contribution in [0.2, 0.25) is 6.32 Å². The summed E-state index contributed by atoms with van der Waals surface area (Å²) in [4.78, 5) is 10.8. The Morgan fingerprint density at radius 1 is 1.33 bits per heavy atom. The van der Waals surface area contributed by atoms with Crippen LogP contribution in [0, 0.1) is 17.8 Å². The molecule has 86 valence electrons. The molecule has 1 fully saturated rings. The van der Waals surface area contributed by atoms with E-state index in [4.69, 9.17) is 20.9 Å². The molecule has 0 radical (unpaired) electrons. The number of hydrogen-bond donors (Lipinski definition) is 4. The molecule has 0 aromatic heterocycles. The second-order valence-electron chi connectivity index (χ2n) is 4.32. The molecule has 6 heteroatoms. The Labute approximate surface area is 89.4 Å². The molecule has 0 aromatic carbocycles. The number of nitrogens with two attached hydrogens (primary N) is 1. The van der Waals surface area contributed by atoms with E-state index in [0.29, 0.717) is 32.1 Å². The average Bonchev–Trinajstić information content (AvgIpc) is 2.57. The van der Waals surface area contributed by atoms with Crippen LogP contribution in [-0.2, 0) is 4.79 Å². The van der Waals surface area contributed by atoms with Crippen molar-refractivity contribution in [2.45, 2.75) is 25.6 Å². The summed E-state index contributed by atoms with van der Waals surface area (Å²) in [6.45, 7) is 0.482. The highest BCUT2D eigenvalue weighted by atomic mass is 16.4. The SMILES string of the molecule is NCC1C[C@@H](C(=O)O)CC1CCB(O)O. The van der Waals surface area contributed by atoms with Crippen LogP contribution >= 0.6 is 0 Å². The van der Waals surface area contributed by atoms with Gasteiger partial charge in [0.15, 0.2) is 0 Å². The topological polar surface area (TPSA) is 104 Å². The minimum absolute atomic E-state index is 0.213. The van der Waals surface area contributed by atoms with Gasteiger partial charge >= 0.3 is 13.1 Å². The molecule has 0 spiro atoms. The number of carboxylic acids is 1. The maximum Gasteiger partial charge on any atom is 0.451 e. The maximum atomic E-state index is 10.8. The van der Waals surface area contributed by atoms with Gasteiger partial charge in [0.05, 0.1) is 5.92 Å². The van der Waals surface area contributed by atoms with E-state index in [2.05, 4.69) is 0 Å². The Balaban J connectivity index is 2.45. The van der Waals surface area contributed by atoms with Crippen LogP contribution in [0.25, 0.3) is 0 Å². The Hall–Kier alpha value is -0.585. The van der Waals surface area contributed by atoms with Gasteiger partial charge in [0.1, 0.15) is 0 Å². The lowest BCUT2D eigenvalue weighted by molar-refractivity contribution is -0.141. The van der Waals surface area contributed by atoms with Crippen LogP contribution in [-0.4, -0.2) is 34.8 Å². The van der Waals surface area contributed by atoms with Gasteiger partial charge in [-0.3, -0.25) is 4.79 Å². The third kappa shape index (κ3) is 3.48. The third-order valence-corrected chi connectivity index (χ3v) is 3.29. The molecule has 0 aliphatic heterocycles. The molecule has 1 aliphatic carbocycles. The van der Waals surface area contributed by atoms with Crippen molar-refractivity contribution in [1.29, 1.82) is 0 Å². The molecule has 15 heavy (non-hydrogen) atoms. The lowest BCUT2D eigenvalue weighted by Gasteiger charge is -2.16. The minimum Gasteiger partial charge on any atom is -0.481 e. The van der Waals surface area contributed by atoms with Crippen LogP contribution in [0.1, 0.15) is 19.3 Å². The lowest BCUT2D eigenvalue weighted by Crippen LogP contribution is -2.20. The van der Waals surface area contributed by atoms with Crippen molar-refractivity contribution in [2.75, 3.05) is 6.54 Å². The highest BCUT2D eigenvalue weighted by Gasteiger charge is 2.37. The largest absolute Gasteiger partial charge is 0.481 e. The molecule has 0 heterocycles. The summed E-state index contributed by atoms with van der Waals surface area (Å²) in [5.41, 5.74) is 5.58. The molecular weight excluding hydrogens is 197 g/mol. The van der Waals surface area contributed by atoms with E-state index in [1.165, 1.54) is 0 Å². The Kier molecular flexibility index (Phi) is 4.57. The van der Waals surface area contributed by atoms with Crippen LogP contribution in [0.5, 0.6) is 0 Å². The number of aliphatic carboxylic acids is 1. The molecule has 2 unspecified atom stereocenters. The van der Waals surface area contributed by atoms with Crippen molar-refractivity contribution in [1.82, 2.24) is 0 Å². The number of hydrogen-bond acceptors (Lipinski definition) is 4. The monoisotopic (exact) mass is 215 g/mol. The summed E-state index contributed by atoms with van der Waals surface area (Å²) in [5.74, 6) is -0.636. The predicted octanol–water partition coefficient (Wildman–Crippen LogP) is -0.465. The molecule has 3 atom stereocenters. The fraction of sp³-hybridized carbons (Fsp3) is 0.889. The number of rotatable bonds is 5. The molecule has 0 aromatic rings. The number of carbonyl (C=O) groups is 1. The Morgan fingerprint density at radius 2 is 1.93 bits per heavy atom. The standard InChI is InChI=1S/C9H18BNO4/c11-5-8-4-7(9(12)13)3-6(8)1-2-10(14)15/h6-8,14-15H,1-5,11H2,(H,12,13)/t6?,7-,8?/m0/s1. The van der Waals surface area contributed by atoms with Crippen molar-refractivity contribution >= 4 is 13.1 Å². The third-order valence-electron chi connectivity index (χ3n) is 3.29. The second kappa shape index (κ2) is 5.49. The molecule has 5 nitrogen and oxygen atoms in total. The van der Waals surface area contributed by atoms with Crippen molar-refractivity contribution in [3.8, 4) is 0 Å². The number of carboxylic acid groups (broad SMARTS) is 1. The fourth-order valence-corrected chi connectivity index (χ4v) is 2.42. The summed E-state index contributed by atoms with van der Waals surface area (Å²) in [6.07, 6.45) is 2.18. The Morgan fingerprint density at radius 3 is 2.40 bits per heavy atom. The maximum absolute atomic E-state index is 10.8. The highest BCUT2D eigenvalue weighted by Crippen LogP contribution is 2.38. The van der Waals surface area contributed by atoms with Gasteiger partial charge in [-0.15, -0.1) is 0 Å². The first-order valence-corrected chi connectivity index (χ1v) is 5.33. The summed E-state index contributed by atoms with van der Waals surface area (Å²) in [7, 11) is -1.30. The van der Waals surface area contributed by atoms with Crippen LogP contribution in [0.3, 0.4) is 0 Å². The van der Waals surface area contributed by atoms with Crippen LogP contribution < -0.4 is 5.73 Å². The molecule has 0 saturated heterocycles. The second-order valence-corrected chi connectivity index (χ2v) is 4.32. The Bertz CT molecular complexity index is 224. The van der Waals surface area contributed by atoms with Crippen molar-refractivity contribution in [3.05, 3.63) is 0 Å². The zero-order valence-corrected chi connectivity index (χ0v) is 8.67. The first-order valence-electron chi connectivity index (χ1n) is 5.33. The highest BCUT2D eigenvalue weighted by molar-refractivity contribution is 6.40. The van der Waals surface area contributed by atoms with Gasteiger partial charge in [-0.05, 0) is 37.5 Å². The lowest BCUT2D eigenvalue weighted by atomic mass is 9.78. The summed E-state index contributed by atoms with van der Waals surface area (Å²) >= 11 is 0. The smallest absolute Gasteiger partial charge is 0.451 e. The van der Waals surface area contributed by atoms with E-state index in [-0.39, 0.29) is 17.8 Å². The van der Waals surface area contributed by atoms with E-state index >= 15 is 0 Å². The molecule has 0 bridgehead atoms. The van der Waals surface area contributed by atoms with Gasteiger partial charge in [0, 0.05) is 0 Å². The van der Waals surface area contributed by atoms with Crippen molar-refractivity contribution in [3.63, 3.8) is 0 Å². The molecule has 0 amide bonds. The predicted molar refractivity (Wildman–Crippen MR) is 56.0 cm³/mol. The fourth-order valence-electron chi connectivity index (χ4n) is 2.42. The van der Waals surface area contributed by atoms with Gasteiger partial charge < -0.3 is 20.9 Å². The molecule has 5 N–H and O–H groups in total. The zero-order chi connectivity index (χ0) is 11.4. The first-order chi connectivity index (χ1) is 7.04. The summed E-state index contributed by atoms with van der Waals surface area (Å²) in [5, 5.41) is 26.4. The zero-order valence-electron chi connectivity index (χ0n) is 8.67. The van der Waals surface area contributed by atoms with E-state index < -0.39 is 13.1 Å². The van der Waals surface area contributed by atoms with Gasteiger partial charge in [-0.2, -0.15) is 0 Å². The summed E-state index contributed by atoms with van der Waals surface area (Å²) < 4.78 is 0. The average molecular weight is 215 g/mol. The normalized spacial score (nSPS) is 30.5. The molecule has 1 rings (SSSR count). The quantitative estimate of drug-likeness (QED) is 0.464. The van der Waals surface area contributed by atoms with E-state index in [0.717, 1.165) is 0 Å². The van der Waals surface area contributed by atoms with E-state index in [9.17, 15) is 4.79 Å². The van der Waals surface area contributed by atoms with Crippen molar-refractivity contribution in [2.24, 2.45) is 23.5 Å². The van der Waals surface area contributed by atoms with Crippen LogP contribution in [0.4, 0.5) is 0 Å². The van der Waals surface area contributed by atoms with Crippen molar-refractivity contribution < 1.29 is 19.9 Å². The van der Waals surface area contributed by atoms with Gasteiger partial charge in [-0.25, -0.2) is 0 Å². The summed E-state index contributed by atoms with van der Waals surface area (Å²) in [6, 6.07) is 0. The molecular formula is C9H18BNO4. The van der Waals surface area contributed by atoms with Crippen LogP contribution in [0.15, 0.2) is 0 Å². The minimum atomic E-state index is -1.30. The van der Waals surface area contributed by atoms with Gasteiger partial charge in [-0.1, -0.05) is 6.42 Å². The first kappa shape index (κ1) is 12.5. The molecule has 1 aliphatic rings. The van der Waals surface area contributed by atoms with E-state index in [1.807, 2.05) is 0 Å². The van der Waals surface area contributed by atoms with Gasteiger partial charge in [0.2, 0.25) is 0 Å². The molecule has 1 saturated carbocycles. The van der Waals surface area contributed by atoms with Gasteiger partial charge in [0.25, 0.3) is 0 Å².